The van der Waals surface area contributed by atoms with Gasteiger partial charge in [0.1, 0.15) is 0 Å². The highest BCUT2D eigenvalue weighted by Crippen LogP contribution is 2.27. The Morgan fingerprint density at radius 3 is 2.45 bits per heavy atom. The van der Waals surface area contributed by atoms with E-state index in [1.54, 1.807) is 0 Å². The summed E-state index contributed by atoms with van der Waals surface area (Å²) < 4.78 is 1.96. The number of aromatic nitrogens is 4. The van der Waals surface area contributed by atoms with Crippen molar-refractivity contribution in [2.24, 2.45) is 0 Å². The molecular weight excluding hydrogens is 378 g/mol. The van der Waals surface area contributed by atoms with Crippen LogP contribution in [0.1, 0.15) is 23.7 Å². The number of aryl methyl sites for hydroxylation is 1. The van der Waals surface area contributed by atoms with Crippen LogP contribution in [0.25, 0.3) is 16.9 Å². The fourth-order valence-electron chi connectivity index (χ4n) is 3.26. The van der Waals surface area contributed by atoms with Crippen LogP contribution in [0.5, 0.6) is 0 Å². The van der Waals surface area contributed by atoms with Crippen molar-refractivity contribution in [1.82, 2.24) is 25.3 Å². The molecule has 5 nitrogen and oxygen atoms in total. The number of thioether (sulfide) groups is 1. The summed E-state index contributed by atoms with van der Waals surface area (Å²) in [5.74, 6) is 1.07. The zero-order chi connectivity index (χ0) is 20.1. The lowest BCUT2D eigenvalue weighted by Gasteiger charge is -2.06. The first-order valence-electron chi connectivity index (χ1n) is 9.81. The van der Waals surface area contributed by atoms with Gasteiger partial charge in [0.15, 0.2) is 0 Å². The molecule has 0 fully saturated rings. The Kier molecular flexibility index (Phi) is 6.12. The number of aromatic amines is 1. The maximum atomic E-state index is 4.91. The Morgan fingerprint density at radius 1 is 1.00 bits per heavy atom. The molecule has 0 saturated heterocycles. The highest BCUT2D eigenvalue weighted by atomic mass is 32.2. The summed E-state index contributed by atoms with van der Waals surface area (Å²) >= 11 is 1.85. The van der Waals surface area contributed by atoms with Crippen molar-refractivity contribution < 1.29 is 0 Å². The molecule has 0 spiro atoms. The molecule has 148 valence electrons. The second-order valence-corrected chi connectivity index (χ2v) is 8.20. The van der Waals surface area contributed by atoms with Crippen molar-refractivity contribution in [3.63, 3.8) is 0 Å². The van der Waals surface area contributed by atoms with Gasteiger partial charge in [0, 0.05) is 46.6 Å². The maximum absolute atomic E-state index is 4.91. The van der Waals surface area contributed by atoms with Crippen molar-refractivity contribution >= 4 is 11.8 Å². The molecule has 2 aromatic carbocycles. The first-order valence-corrected chi connectivity index (χ1v) is 10.8. The summed E-state index contributed by atoms with van der Waals surface area (Å²) in [6, 6.07) is 18.9. The Morgan fingerprint density at radius 2 is 1.76 bits per heavy atom. The van der Waals surface area contributed by atoms with E-state index in [0.717, 1.165) is 41.5 Å². The molecule has 0 aliphatic rings. The van der Waals surface area contributed by atoms with Gasteiger partial charge in [-0.3, -0.25) is 5.10 Å². The molecule has 0 radical (unpaired) electrons. The van der Waals surface area contributed by atoms with Crippen LogP contribution in [0, 0.1) is 6.92 Å². The highest BCUT2D eigenvalue weighted by molar-refractivity contribution is 7.99. The highest BCUT2D eigenvalue weighted by Gasteiger charge is 2.13. The van der Waals surface area contributed by atoms with E-state index in [4.69, 9.17) is 5.10 Å². The normalized spacial score (nSPS) is 11.1. The van der Waals surface area contributed by atoms with E-state index in [-0.39, 0.29) is 0 Å². The summed E-state index contributed by atoms with van der Waals surface area (Å²) in [4.78, 5) is 1.29. The van der Waals surface area contributed by atoms with Crippen molar-refractivity contribution in [3.05, 3.63) is 83.8 Å². The van der Waals surface area contributed by atoms with E-state index in [1.165, 1.54) is 16.0 Å². The molecule has 0 bridgehead atoms. The van der Waals surface area contributed by atoms with Gasteiger partial charge in [0.05, 0.1) is 17.6 Å². The summed E-state index contributed by atoms with van der Waals surface area (Å²) in [5, 5.41) is 15.5. The fourth-order valence-corrected chi connectivity index (χ4v) is 3.92. The Hall–Kier alpha value is -2.83. The number of hydrogen-bond acceptors (Lipinski definition) is 4. The van der Waals surface area contributed by atoms with Gasteiger partial charge in [0.2, 0.25) is 0 Å². The summed E-state index contributed by atoms with van der Waals surface area (Å²) in [5.41, 5.74) is 6.66. The minimum absolute atomic E-state index is 0.734. The predicted octanol–water partition coefficient (Wildman–Crippen LogP) is 4.97. The Balaban J connectivity index is 1.60. The number of H-pyrrole nitrogens is 1. The third kappa shape index (κ3) is 4.60. The molecular formula is C23H25N5S. The van der Waals surface area contributed by atoms with E-state index in [2.05, 4.69) is 65.0 Å². The third-order valence-electron chi connectivity index (χ3n) is 4.81. The van der Waals surface area contributed by atoms with Crippen LogP contribution in [0.15, 0.2) is 71.9 Å². The molecule has 4 aromatic rings. The fraction of sp³-hybridized carbons (Fsp3) is 0.217. The van der Waals surface area contributed by atoms with Gasteiger partial charge in [-0.25, -0.2) is 4.68 Å². The zero-order valence-corrected chi connectivity index (χ0v) is 17.5. The number of rotatable bonds is 8. The molecule has 0 aliphatic carbocycles. The Labute approximate surface area is 175 Å². The predicted molar refractivity (Wildman–Crippen MR) is 119 cm³/mol. The van der Waals surface area contributed by atoms with Gasteiger partial charge in [-0.05, 0) is 36.9 Å². The monoisotopic (exact) mass is 403 g/mol. The van der Waals surface area contributed by atoms with Crippen LogP contribution in [-0.4, -0.2) is 25.7 Å². The minimum Gasteiger partial charge on any atom is -0.308 e. The van der Waals surface area contributed by atoms with Crippen LogP contribution < -0.4 is 5.32 Å². The van der Waals surface area contributed by atoms with Crippen LogP contribution in [0.4, 0.5) is 0 Å². The smallest absolute Gasteiger partial charge is 0.0972 e. The first kappa shape index (κ1) is 19.5. The summed E-state index contributed by atoms with van der Waals surface area (Å²) in [6.07, 6.45) is 4.00. The van der Waals surface area contributed by atoms with Crippen LogP contribution in [0.2, 0.25) is 0 Å². The molecule has 4 rings (SSSR count). The number of nitrogens with one attached hydrogen (secondary N) is 2. The maximum Gasteiger partial charge on any atom is 0.0972 e. The number of benzene rings is 2. The largest absolute Gasteiger partial charge is 0.308 e. The molecule has 0 atom stereocenters. The SMILES string of the molecule is CCSc1ccc(-c2nn(-c3ccccc3)cc2CNCc2cn[nH]c2C)cc1. The van der Waals surface area contributed by atoms with Crippen molar-refractivity contribution in [2.45, 2.75) is 31.8 Å². The molecule has 29 heavy (non-hydrogen) atoms. The number of hydrogen-bond donors (Lipinski definition) is 2. The van der Waals surface area contributed by atoms with E-state index < -0.39 is 0 Å². The number of nitrogens with zero attached hydrogens (tertiary/aromatic N) is 3. The quantitative estimate of drug-likeness (QED) is 0.408. The van der Waals surface area contributed by atoms with E-state index in [0.29, 0.717) is 0 Å². The van der Waals surface area contributed by atoms with Gasteiger partial charge < -0.3 is 5.32 Å². The van der Waals surface area contributed by atoms with E-state index in [9.17, 15) is 0 Å². The van der Waals surface area contributed by atoms with Gasteiger partial charge in [-0.1, -0.05) is 37.3 Å². The lowest BCUT2D eigenvalue weighted by molar-refractivity contribution is 0.691. The molecule has 6 heteroatoms. The lowest BCUT2D eigenvalue weighted by atomic mass is 10.1. The van der Waals surface area contributed by atoms with Crippen LogP contribution >= 0.6 is 11.8 Å². The van der Waals surface area contributed by atoms with E-state index >= 15 is 0 Å². The molecule has 0 unspecified atom stereocenters. The second kappa shape index (κ2) is 9.11. The van der Waals surface area contributed by atoms with Gasteiger partial charge in [-0.2, -0.15) is 10.2 Å². The molecule has 2 aromatic heterocycles. The van der Waals surface area contributed by atoms with Crippen LogP contribution in [-0.2, 0) is 13.1 Å². The zero-order valence-electron chi connectivity index (χ0n) is 16.7. The molecule has 2 heterocycles. The first-order chi connectivity index (χ1) is 14.2. The minimum atomic E-state index is 0.734. The average Bonchev–Trinajstić information content (AvgIpc) is 3.36. The number of para-hydroxylation sites is 1. The van der Waals surface area contributed by atoms with Gasteiger partial charge in [0.25, 0.3) is 0 Å². The Bertz CT molecular complexity index is 1050. The topological polar surface area (TPSA) is 58.5 Å². The van der Waals surface area contributed by atoms with Crippen molar-refractivity contribution in [1.29, 1.82) is 0 Å². The van der Waals surface area contributed by atoms with E-state index in [1.807, 2.05) is 47.8 Å². The third-order valence-corrected chi connectivity index (χ3v) is 5.71. The molecule has 0 amide bonds. The molecule has 0 aliphatic heterocycles. The van der Waals surface area contributed by atoms with Crippen molar-refractivity contribution in [3.8, 4) is 16.9 Å². The van der Waals surface area contributed by atoms with Crippen LogP contribution in [0.3, 0.4) is 0 Å². The van der Waals surface area contributed by atoms with Crippen molar-refractivity contribution in [2.75, 3.05) is 5.75 Å². The standard InChI is InChI=1S/C23H25N5S/c1-3-29-22-11-9-18(10-12-22)23-20(14-24-13-19-15-25-26-17(19)2)16-28(27-23)21-7-5-4-6-8-21/h4-12,15-16,24H,3,13-14H2,1-2H3,(H,25,26). The summed E-state index contributed by atoms with van der Waals surface area (Å²) in [6.45, 7) is 5.72. The second-order valence-electron chi connectivity index (χ2n) is 6.86. The van der Waals surface area contributed by atoms with Gasteiger partial charge >= 0.3 is 0 Å². The lowest BCUT2D eigenvalue weighted by Crippen LogP contribution is -2.13. The van der Waals surface area contributed by atoms with Gasteiger partial charge in [-0.15, -0.1) is 11.8 Å². The average molecular weight is 404 g/mol. The molecule has 2 N–H and O–H groups in total. The molecule has 0 saturated carbocycles. The summed E-state index contributed by atoms with van der Waals surface area (Å²) in [7, 11) is 0.